The minimum absolute atomic E-state index is 0.510. The maximum Gasteiger partial charge on any atom is 0.183 e. The topological polar surface area (TPSA) is 81.4 Å². The van der Waals surface area contributed by atoms with Gasteiger partial charge in [0.05, 0.1) is 17.8 Å². The first kappa shape index (κ1) is 14.3. The Kier molecular flexibility index (Phi) is 3.38. The largest absolute Gasteiger partial charge is 0.339 e. The van der Waals surface area contributed by atoms with Crippen molar-refractivity contribution in [2.24, 2.45) is 7.05 Å². The molecule has 7 heteroatoms. The fraction of sp³-hybridized carbons (Fsp3) is 0.118. The van der Waals surface area contributed by atoms with Crippen LogP contribution < -0.4 is 5.32 Å². The highest BCUT2D eigenvalue weighted by Gasteiger charge is 2.14. The van der Waals surface area contributed by atoms with E-state index in [1.54, 1.807) is 29.5 Å². The van der Waals surface area contributed by atoms with E-state index in [1.165, 1.54) is 0 Å². The molecule has 24 heavy (non-hydrogen) atoms. The van der Waals surface area contributed by atoms with E-state index in [4.69, 9.17) is 0 Å². The van der Waals surface area contributed by atoms with Gasteiger partial charge in [0.25, 0.3) is 0 Å². The van der Waals surface area contributed by atoms with E-state index in [2.05, 4.69) is 30.4 Å². The van der Waals surface area contributed by atoms with Crippen molar-refractivity contribution >= 4 is 22.5 Å². The van der Waals surface area contributed by atoms with Gasteiger partial charge in [-0.1, -0.05) is 18.2 Å². The number of hydrogen-bond donors (Lipinski definition) is 1. The van der Waals surface area contributed by atoms with E-state index >= 15 is 0 Å². The van der Waals surface area contributed by atoms with Crippen LogP contribution >= 0.6 is 0 Å². The maximum atomic E-state index is 4.64. The fourth-order valence-electron chi connectivity index (χ4n) is 2.49. The van der Waals surface area contributed by atoms with Crippen LogP contribution in [-0.4, -0.2) is 29.7 Å². The number of para-hydroxylation sites is 1. The summed E-state index contributed by atoms with van der Waals surface area (Å²) < 4.78 is 1.72. The van der Waals surface area contributed by atoms with Gasteiger partial charge < -0.3 is 5.32 Å². The van der Waals surface area contributed by atoms with Crippen molar-refractivity contribution in [2.75, 3.05) is 5.32 Å². The number of nitrogens with zero attached hydrogens (tertiary/aromatic N) is 6. The normalized spacial score (nSPS) is 10.9. The van der Waals surface area contributed by atoms with Crippen molar-refractivity contribution in [1.82, 2.24) is 29.7 Å². The molecule has 0 unspecified atom stereocenters. The summed E-state index contributed by atoms with van der Waals surface area (Å²) in [5.74, 6) is 1.21. The summed E-state index contributed by atoms with van der Waals surface area (Å²) in [5, 5.41) is 8.53. The number of aromatic nitrogens is 6. The molecule has 0 atom stereocenters. The minimum Gasteiger partial charge on any atom is -0.339 e. The second-order valence-corrected chi connectivity index (χ2v) is 5.43. The van der Waals surface area contributed by atoms with Gasteiger partial charge in [-0.15, -0.1) is 0 Å². The Labute approximate surface area is 138 Å². The Morgan fingerprint density at radius 1 is 1.04 bits per heavy atom. The summed E-state index contributed by atoms with van der Waals surface area (Å²) in [6.07, 6.45) is 6.66. The van der Waals surface area contributed by atoms with Crippen LogP contribution in [0.4, 0.5) is 11.5 Å². The third-order valence-electron chi connectivity index (χ3n) is 3.78. The Balaban J connectivity index is 1.89. The van der Waals surface area contributed by atoms with Gasteiger partial charge in [0.1, 0.15) is 11.5 Å². The molecule has 118 valence electrons. The van der Waals surface area contributed by atoms with Crippen LogP contribution in [0.15, 0.2) is 49.1 Å². The standard InChI is InChI=1S/C17H15N7/c1-11-5-3-4-6-13(11)21-15-12-9-20-24(2)17(12)23-16(22-15)14-10-18-7-8-19-14/h3-10H,1-2H3,(H,21,22,23). The first-order valence-corrected chi connectivity index (χ1v) is 7.51. The van der Waals surface area contributed by atoms with E-state index in [0.717, 1.165) is 22.3 Å². The quantitative estimate of drug-likeness (QED) is 0.626. The average molecular weight is 317 g/mol. The van der Waals surface area contributed by atoms with Crippen LogP contribution in [0.25, 0.3) is 22.6 Å². The van der Waals surface area contributed by atoms with Gasteiger partial charge in [-0.2, -0.15) is 5.10 Å². The van der Waals surface area contributed by atoms with Gasteiger partial charge in [0.2, 0.25) is 0 Å². The molecule has 0 aliphatic heterocycles. The molecule has 4 aromatic rings. The molecule has 0 fully saturated rings. The number of benzene rings is 1. The summed E-state index contributed by atoms with van der Waals surface area (Å²) in [6.45, 7) is 2.05. The lowest BCUT2D eigenvalue weighted by Gasteiger charge is -2.10. The van der Waals surface area contributed by atoms with Crippen molar-refractivity contribution in [1.29, 1.82) is 0 Å². The summed E-state index contributed by atoms with van der Waals surface area (Å²) in [5.41, 5.74) is 3.48. The molecule has 3 heterocycles. The van der Waals surface area contributed by atoms with Crippen molar-refractivity contribution < 1.29 is 0 Å². The van der Waals surface area contributed by atoms with Crippen LogP contribution in [0.2, 0.25) is 0 Å². The number of fused-ring (bicyclic) bond motifs is 1. The van der Waals surface area contributed by atoms with Crippen molar-refractivity contribution in [3.63, 3.8) is 0 Å². The third kappa shape index (κ3) is 2.45. The monoisotopic (exact) mass is 317 g/mol. The van der Waals surface area contributed by atoms with Crippen molar-refractivity contribution in [3.8, 4) is 11.5 Å². The summed E-state index contributed by atoms with van der Waals surface area (Å²) in [6, 6.07) is 8.06. The first-order chi connectivity index (χ1) is 11.7. The number of anilines is 2. The molecule has 4 rings (SSSR count). The lowest BCUT2D eigenvalue weighted by molar-refractivity contribution is 0.785. The summed E-state index contributed by atoms with van der Waals surface area (Å²) >= 11 is 0. The Bertz CT molecular complexity index is 1010. The molecule has 1 aromatic carbocycles. The zero-order valence-electron chi connectivity index (χ0n) is 13.3. The molecule has 1 N–H and O–H groups in total. The van der Waals surface area contributed by atoms with Gasteiger partial charge in [-0.3, -0.25) is 9.67 Å². The molecular formula is C17H15N7. The van der Waals surface area contributed by atoms with Crippen LogP contribution in [0.5, 0.6) is 0 Å². The average Bonchev–Trinajstić information content (AvgIpc) is 2.99. The second kappa shape index (κ2) is 5.69. The minimum atomic E-state index is 0.510. The molecule has 0 aliphatic rings. The molecule has 0 amide bonds. The Hall–Kier alpha value is -3.35. The third-order valence-corrected chi connectivity index (χ3v) is 3.78. The first-order valence-electron chi connectivity index (χ1n) is 7.51. The highest BCUT2D eigenvalue weighted by molar-refractivity contribution is 5.90. The molecule has 0 spiro atoms. The number of aryl methyl sites for hydroxylation is 2. The summed E-state index contributed by atoms with van der Waals surface area (Å²) in [4.78, 5) is 17.6. The molecule has 0 aliphatic carbocycles. The predicted octanol–water partition coefficient (Wildman–Crippen LogP) is 2.87. The summed E-state index contributed by atoms with van der Waals surface area (Å²) in [7, 11) is 1.85. The van der Waals surface area contributed by atoms with E-state index in [0.29, 0.717) is 17.3 Å². The van der Waals surface area contributed by atoms with Gasteiger partial charge in [0, 0.05) is 25.1 Å². The molecule has 3 aromatic heterocycles. The van der Waals surface area contributed by atoms with Gasteiger partial charge in [-0.05, 0) is 18.6 Å². The Morgan fingerprint density at radius 2 is 1.92 bits per heavy atom. The number of rotatable bonds is 3. The molecule has 0 saturated heterocycles. The van der Waals surface area contributed by atoms with Crippen LogP contribution in [-0.2, 0) is 7.05 Å². The van der Waals surface area contributed by atoms with Gasteiger partial charge in [-0.25, -0.2) is 15.0 Å². The molecule has 0 radical (unpaired) electrons. The van der Waals surface area contributed by atoms with Gasteiger partial charge >= 0.3 is 0 Å². The van der Waals surface area contributed by atoms with Crippen LogP contribution in [0.3, 0.4) is 0 Å². The lowest BCUT2D eigenvalue weighted by atomic mass is 10.2. The molecular weight excluding hydrogens is 302 g/mol. The maximum absolute atomic E-state index is 4.64. The highest BCUT2D eigenvalue weighted by Crippen LogP contribution is 2.27. The van der Waals surface area contributed by atoms with Crippen LogP contribution in [0, 0.1) is 6.92 Å². The van der Waals surface area contributed by atoms with E-state index < -0.39 is 0 Å². The molecule has 7 nitrogen and oxygen atoms in total. The Morgan fingerprint density at radius 3 is 2.71 bits per heavy atom. The molecule has 0 saturated carbocycles. The van der Waals surface area contributed by atoms with E-state index in [1.807, 2.05) is 38.2 Å². The van der Waals surface area contributed by atoms with E-state index in [-0.39, 0.29) is 0 Å². The number of hydrogen-bond acceptors (Lipinski definition) is 6. The highest BCUT2D eigenvalue weighted by atomic mass is 15.3. The zero-order valence-corrected chi connectivity index (χ0v) is 13.3. The zero-order chi connectivity index (χ0) is 16.5. The van der Waals surface area contributed by atoms with Crippen LogP contribution in [0.1, 0.15) is 5.56 Å². The fourth-order valence-corrected chi connectivity index (χ4v) is 2.49. The van der Waals surface area contributed by atoms with Crippen molar-refractivity contribution in [2.45, 2.75) is 6.92 Å². The number of nitrogens with one attached hydrogen (secondary N) is 1. The van der Waals surface area contributed by atoms with Crippen molar-refractivity contribution in [3.05, 3.63) is 54.6 Å². The SMILES string of the molecule is Cc1ccccc1Nc1nc(-c2cnccn2)nc2c1cnn2C. The predicted molar refractivity (Wildman–Crippen MR) is 91.8 cm³/mol. The van der Waals surface area contributed by atoms with E-state index in [9.17, 15) is 0 Å². The lowest BCUT2D eigenvalue weighted by Crippen LogP contribution is -2.02. The second-order valence-electron chi connectivity index (χ2n) is 5.43. The smallest absolute Gasteiger partial charge is 0.183 e. The molecule has 0 bridgehead atoms. The van der Waals surface area contributed by atoms with Gasteiger partial charge in [0.15, 0.2) is 11.5 Å².